The second-order valence-electron chi connectivity index (χ2n) is 14.4. The predicted octanol–water partition coefficient (Wildman–Crippen LogP) is 8.01. The molecule has 234 valence electrons. The Balaban J connectivity index is 0.000000410. The summed E-state index contributed by atoms with van der Waals surface area (Å²) in [5.41, 5.74) is 0. The van der Waals surface area contributed by atoms with Gasteiger partial charge in [0.05, 0.1) is 14.2 Å². The van der Waals surface area contributed by atoms with Crippen LogP contribution < -0.4 is 19.8 Å². The number of hydrogen-bond acceptors (Lipinski definition) is 6. The lowest BCUT2D eigenvalue weighted by Crippen LogP contribution is -2.60. The Labute approximate surface area is 262 Å². The summed E-state index contributed by atoms with van der Waals surface area (Å²) in [4.78, 5) is 0. The van der Waals surface area contributed by atoms with Crippen LogP contribution in [0.15, 0.2) is 42.5 Å². The Kier molecular flexibility index (Phi) is 13.6. The topological polar surface area (TPSA) is 55.4 Å². The number of benzene rings is 2. The zero-order valence-corrected chi connectivity index (χ0v) is 35.1. The van der Waals surface area contributed by atoms with Gasteiger partial charge in [-0.2, -0.15) is 0 Å². The normalized spacial score (nSPS) is 13.4. The lowest BCUT2D eigenvalue weighted by Gasteiger charge is -2.38. The molecule has 0 spiro atoms. The van der Waals surface area contributed by atoms with E-state index in [9.17, 15) is 0 Å². The van der Waals surface area contributed by atoms with Crippen molar-refractivity contribution < 1.29 is 25.9 Å². The predicted molar refractivity (Wildman–Crippen MR) is 191 cm³/mol. The van der Waals surface area contributed by atoms with Gasteiger partial charge in [-0.15, -0.1) is 0 Å². The minimum atomic E-state index is -2.52. The molecule has 2 aromatic rings. The van der Waals surface area contributed by atoms with Gasteiger partial charge in [-0.05, 0) is 132 Å². The smallest absolute Gasteiger partial charge is 0.348 e. The summed E-state index contributed by atoms with van der Waals surface area (Å²) >= 11 is 6.23. The van der Waals surface area contributed by atoms with Crippen molar-refractivity contribution in [3.8, 4) is 11.5 Å². The maximum Gasteiger partial charge on any atom is 0.348 e. The van der Waals surface area contributed by atoms with E-state index in [0.717, 1.165) is 21.9 Å². The SMILES string of the molecule is COc1cc(Cl)cc([Si](C)(O[Si](C)(C)C)O[Si](C)(C)C)c1.COc1cccc([Si](C)(O[Si](C)(C)C)O[Si](C)(C)C)c1. The highest BCUT2D eigenvalue weighted by Crippen LogP contribution is 2.25. The maximum absolute atomic E-state index is 6.52. The highest BCUT2D eigenvalue weighted by molar-refractivity contribution is 6.95. The Hall–Kier alpha value is -0.529. The Morgan fingerprint density at radius 1 is 0.463 bits per heavy atom. The first-order valence-corrected chi connectivity index (χ1v) is 32.7. The van der Waals surface area contributed by atoms with Crippen LogP contribution in [0, 0.1) is 0 Å². The summed E-state index contributed by atoms with van der Waals surface area (Å²) in [7, 11) is -8.44. The van der Waals surface area contributed by atoms with Crippen molar-refractivity contribution in [2.75, 3.05) is 14.2 Å². The van der Waals surface area contributed by atoms with Crippen molar-refractivity contribution in [3.63, 3.8) is 0 Å². The van der Waals surface area contributed by atoms with Crippen LogP contribution in [0.1, 0.15) is 0 Å². The molecule has 2 rings (SSSR count). The van der Waals surface area contributed by atoms with Gasteiger partial charge in [-0.1, -0.05) is 23.7 Å². The molecule has 0 aliphatic rings. The van der Waals surface area contributed by atoms with Gasteiger partial charge in [-0.25, -0.2) is 0 Å². The first-order chi connectivity index (χ1) is 18.3. The third-order valence-electron chi connectivity index (χ3n) is 5.23. The zero-order chi connectivity index (χ0) is 32.1. The third-order valence-corrected chi connectivity index (χ3v) is 24.2. The largest absolute Gasteiger partial charge is 0.497 e. The van der Waals surface area contributed by atoms with Crippen molar-refractivity contribution in [2.45, 2.75) is 91.7 Å². The van der Waals surface area contributed by atoms with Crippen LogP contribution in [0.2, 0.25) is 96.7 Å². The average molecular weight is 692 g/mol. The summed E-state index contributed by atoms with van der Waals surface area (Å²) < 4.78 is 36.8. The molecule has 0 amide bonds. The number of ether oxygens (including phenoxy) is 2. The first-order valence-electron chi connectivity index (χ1n) is 14.1. The molecule has 0 atom stereocenters. The molecule has 2 aromatic carbocycles. The minimum absolute atomic E-state index is 0.654. The van der Waals surface area contributed by atoms with Gasteiger partial charge in [0.2, 0.25) is 0 Å². The molecule has 41 heavy (non-hydrogen) atoms. The third kappa shape index (κ3) is 14.7. The van der Waals surface area contributed by atoms with E-state index in [0.29, 0.717) is 5.02 Å². The van der Waals surface area contributed by atoms with Crippen molar-refractivity contribution in [1.29, 1.82) is 0 Å². The average Bonchev–Trinajstić information content (AvgIpc) is 2.74. The van der Waals surface area contributed by atoms with Crippen LogP contribution in [0.3, 0.4) is 0 Å². The Morgan fingerprint density at radius 3 is 1.20 bits per heavy atom. The lowest BCUT2D eigenvalue weighted by molar-refractivity contribution is 0.400. The molecular weight excluding hydrogens is 636 g/mol. The molecule has 0 aliphatic heterocycles. The van der Waals surface area contributed by atoms with E-state index < -0.39 is 50.4 Å². The van der Waals surface area contributed by atoms with Gasteiger partial charge in [0.1, 0.15) is 11.5 Å². The summed E-state index contributed by atoms with van der Waals surface area (Å²) in [5, 5.41) is 2.85. The van der Waals surface area contributed by atoms with Crippen LogP contribution >= 0.6 is 11.6 Å². The molecule has 0 unspecified atom stereocenters. The van der Waals surface area contributed by atoms with Crippen LogP contribution in [-0.4, -0.2) is 64.6 Å². The Morgan fingerprint density at radius 2 is 0.829 bits per heavy atom. The number of rotatable bonds is 12. The molecule has 0 aliphatic carbocycles. The number of hydrogen-bond donors (Lipinski definition) is 0. The fourth-order valence-electron chi connectivity index (χ4n) is 4.46. The monoisotopic (exact) mass is 690 g/mol. The second-order valence-corrected chi connectivity index (χ2v) is 39.9. The van der Waals surface area contributed by atoms with Gasteiger partial charge < -0.3 is 25.9 Å². The first kappa shape index (κ1) is 38.5. The maximum atomic E-state index is 6.52. The molecule has 6 nitrogen and oxygen atoms in total. The molecular formula is C28H55ClO6Si6. The van der Waals surface area contributed by atoms with Crippen molar-refractivity contribution in [1.82, 2.24) is 0 Å². The van der Waals surface area contributed by atoms with Gasteiger partial charge in [0.15, 0.2) is 33.3 Å². The molecule has 0 heterocycles. The summed E-state index contributed by atoms with van der Waals surface area (Å²) in [6.45, 7) is 30.7. The van der Waals surface area contributed by atoms with Crippen molar-refractivity contribution in [2.24, 2.45) is 0 Å². The molecule has 0 saturated carbocycles. The molecule has 0 bridgehead atoms. The fourth-order valence-corrected chi connectivity index (χ4v) is 28.1. The van der Waals surface area contributed by atoms with E-state index in [-0.39, 0.29) is 0 Å². The minimum Gasteiger partial charge on any atom is -0.497 e. The van der Waals surface area contributed by atoms with Gasteiger partial charge in [0, 0.05) is 5.02 Å². The van der Waals surface area contributed by atoms with Crippen LogP contribution in [-0.2, 0) is 16.5 Å². The van der Waals surface area contributed by atoms with E-state index in [2.05, 4.69) is 104 Å². The summed E-state index contributed by atoms with van der Waals surface area (Å²) in [5.74, 6) is 1.61. The van der Waals surface area contributed by atoms with Gasteiger partial charge in [-0.3, -0.25) is 0 Å². The van der Waals surface area contributed by atoms with Crippen molar-refractivity contribution >= 4 is 72.4 Å². The fraction of sp³-hybridized carbons (Fsp3) is 0.571. The van der Waals surface area contributed by atoms with E-state index in [4.69, 9.17) is 37.5 Å². The molecule has 0 fully saturated rings. The van der Waals surface area contributed by atoms with E-state index in [1.54, 1.807) is 14.2 Å². The van der Waals surface area contributed by atoms with E-state index in [1.165, 1.54) is 0 Å². The molecule has 0 saturated heterocycles. The summed E-state index contributed by atoms with van der Waals surface area (Å²) in [6, 6.07) is 13.9. The van der Waals surface area contributed by atoms with Gasteiger partial charge in [0.25, 0.3) is 0 Å². The lowest BCUT2D eigenvalue weighted by atomic mass is 10.3. The molecule has 0 radical (unpaired) electrons. The standard InChI is InChI=1S/C14H27ClO3Si3.C14H28O3Si3/c1-16-13-9-12(15)10-14(11-13)21(8,17-19(2,3)4)18-20(5,6)7;1-15-13-10-9-11-14(12-13)20(8,16-18(2,3)4)17-19(5,6)7/h9-11H,1-8H3;9-12H,1-8H3. The quantitative estimate of drug-likeness (QED) is 0.210. The van der Waals surface area contributed by atoms with E-state index in [1.807, 2.05) is 30.3 Å². The molecule has 13 heteroatoms. The summed E-state index contributed by atoms with van der Waals surface area (Å²) in [6.07, 6.45) is 0. The zero-order valence-electron chi connectivity index (χ0n) is 28.4. The van der Waals surface area contributed by atoms with Crippen LogP contribution in [0.5, 0.6) is 11.5 Å². The highest BCUT2D eigenvalue weighted by Gasteiger charge is 2.43. The van der Waals surface area contributed by atoms with Crippen LogP contribution in [0.25, 0.3) is 0 Å². The molecule has 0 N–H and O–H groups in total. The Bertz CT molecular complexity index is 1090. The number of methoxy groups -OCH3 is 2. The van der Waals surface area contributed by atoms with Crippen LogP contribution in [0.4, 0.5) is 0 Å². The highest BCUT2D eigenvalue weighted by atomic mass is 35.5. The second kappa shape index (κ2) is 14.5. The van der Waals surface area contributed by atoms with Gasteiger partial charge >= 0.3 is 17.1 Å². The number of halogens is 1. The van der Waals surface area contributed by atoms with E-state index >= 15 is 0 Å². The van der Waals surface area contributed by atoms with Crippen molar-refractivity contribution in [3.05, 3.63) is 47.5 Å². The molecule has 0 aromatic heterocycles.